The Hall–Kier alpha value is -4.32. The number of aromatic nitrogens is 2. The van der Waals surface area contributed by atoms with Crippen molar-refractivity contribution in [3.05, 3.63) is 69.5 Å². The Balaban J connectivity index is 1.81. The van der Waals surface area contributed by atoms with Gasteiger partial charge in [-0.15, -0.1) is 0 Å². The molecule has 12 heteroatoms. The average molecular weight is 499 g/mol. The van der Waals surface area contributed by atoms with Gasteiger partial charge in [0, 0.05) is 31.7 Å². The van der Waals surface area contributed by atoms with Gasteiger partial charge in [-0.05, 0) is 49.2 Å². The molecule has 6 N–H and O–H groups in total. The molecule has 11 nitrogen and oxygen atoms in total. The van der Waals surface area contributed by atoms with Crippen LogP contribution in [0.3, 0.4) is 0 Å². The van der Waals surface area contributed by atoms with Gasteiger partial charge in [-0.3, -0.25) is 14.4 Å². The first kappa shape index (κ1) is 26.3. The van der Waals surface area contributed by atoms with Gasteiger partial charge in [0.2, 0.25) is 0 Å². The van der Waals surface area contributed by atoms with Gasteiger partial charge in [-0.1, -0.05) is 6.07 Å². The van der Waals surface area contributed by atoms with Gasteiger partial charge in [-0.25, -0.2) is 14.2 Å². The summed E-state index contributed by atoms with van der Waals surface area (Å²) in [6.07, 6.45) is -0.812. The molecule has 0 saturated carbocycles. The maximum Gasteiger partial charge on any atom is 0.326 e. The molecular weight excluding hydrogens is 473 g/mol. The van der Waals surface area contributed by atoms with Crippen LogP contribution in [-0.2, 0) is 16.1 Å². The first-order valence-electron chi connectivity index (χ1n) is 11.1. The molecule has 1 heterocycles. The van der Waals surface area contributed by atoms with E-state index in [9.17, 15) is 28.7 Å². The van der Waals surface area contributed by atoms with E-state index >= 15 is 0 Å². The zero-order valence-electron chi connectivity index (χ0n) is 19.5. The number of carboxylic acid groups (broad SMARTS) is 2. The van der Waals surface area contributed by atoms with E-state index in [0.717, 1.165) is 11.6 Å². The first-order chi connectivity index (χ1) is 17.1. The number of amides is 1. The summed E-state index contributed by atoms with van der Waals surface area (Å²) < 4.78 is 14.9. The van der Waals surface area contributed by atoms with Gasteiger partial charge in [0.05, 0.1) is 16.5 Å². The third-order valence-electron chi connectivity index (χ3n) is 5.47. The molecule has 36 heavy (non-hydrogen) atoms. The van der Waals surface area contributed by atoms with Gasteiger partial charge in [-0.2, -0.15) is 0 Å². The summed E-state index contributed by atoms with van der Waals surface area (Å²) in [4.78, 5) is 55.5. The van der Waals surface area contributed by atoms with Crippen LogP contribution < -0.4 is 21.5 Å². The number of carbonyl (C=O) groups excluding carboxylic acids is 1. The number of H-pyrrole nitrogens is 1. The van der Waals surface area contributed by atoms with Gasteiger partial charge >= 0.3 is 11.9 Å². The smallest absolute Gasteiger partial charge is 0.326 e. The molecule has 3 rings (SSSR count). The number of nitrogens with two attached hydrogens (primary N) is 1. The van der Waals surface area contributed by atoms with Crippen LogP contribution in [0, 0.1) is 12.7 Å². The molecule has 0 fully saturated rings. The highest BCUT2D eigenvalue weighted by molar-refractivity contribution is 5.97. The molecule has 1 atom stereocenters. The molecule has 0 spiro atoms. The van der Waals surface area contributed by atoms with E-state index in [1.165, 1.54) is 12.1 Å². The lowest BCUT2D eigenvalue weighted by Crippen LogP contribution is -2.41. The minimum Gasteiger partial charge on any atom is -0.481 e. The molecule has 0 aliphatic heterocycles. The topological polar surface area (TPSA) is 179 Å². The quantitative estimate of drug-likeness (QED) is 0.261. The van der Waals surface area contributed by atoms with E-state index in [0.29, 0.717) is 35.5 Å². The standard InChI is InChI=1S/C24H26FN5O6/c1-13-27-19-5-2-14(10-17(19)23(34)28-13)12-30(9-8-26)15-3-4-16(18(25)11-15)22(33)29-20(24(35)36)6-7-21(31)32/h2-5,10-11,20H,6-9,12,26H2,1H3,(H,29,33)(H,31,32)(H,35,36)(H,27,28,34)/t20-/m0/s1. The largest absolute Gasteiger partial charge is 0.481 e. The van der Waals surface area contributed by atoms with Gasteiger partial charge in [0.15, 0.2) is 0 Å². The third kappa shape index (κ3) is 6.42. The second-order valence-corrected chi connectivity index (χ2v) is 8.17. The SMILES string of the molecule is Cc1nc2ccc(CN(CCN)c3ccc(C(=O)N[C@@H](CCC(=O)O)C(=O)O)c(F)c3)cc2c(=O)[nH]1. The number of aromatic amines is 1. The van der Waals surface area contributed by atoms with E-state index in [-0.39, 0.29) is 24.1 Å². The minimum absolute atomic E-state index is 0.253. The second-order valence-electron chi connectivity index (χ2n) is 8.17. The lowest BCUT2D eigenvalue weighted by Gasteiger charge is -2.25. The predicted molar refractivity (Wildman–Crippen MR) is 129 cm³/mol. The fourth-order valence-electron chi connectivity index (χ4n) is 3.72. The number of halogens is 1. The third-order valence-corrected chi connectivity index (χ3v) is 5.47. The number of aliphatic carboxylic acids is 2. The molecule has 0 saturated heterocycles. The monoisotopic (exact) mass is 499 g/mol. The Kier molecular flexibility index (Phi) is 8.33. The number of hydrogen-bond donors (Lipinski definition) is 5. The lowest BCUT2D eigenvalue weighted by molar-refractivity contribution is -0.140. The number of nitrogens with zero attached hydrogens (tertiary/aromatic N) is 2. The highest BCUT2D eigenvalue weighted by Crippen LogP contribution is 2.22. The van der Waals surface area contributed by atoms with Crippen molar-refractivity contribution in [1.82, 2.24) is 15.3 Å². The number of anilines is 1. The van der Waals surface area contributed by atoms with E-state index in [1.807, 2.05) is 0 Å². The summed E-state index contributed by atoms with van der Waals surface area (Å²) in [6, 6.07) is 7.61. The average Bonchev–Trinajstić information content (AvgIpc) is 2.81. The Morgan fingerprint density at radius 1 is 1.19 bits per heavy atom. The van der Waals surface area contributed by atoms with E-state index in [4.69, 9.17) is 10.8 Å². The van der Waals surface area contributed by atoms with Crippen molar-refractivity contribution < 1.29 is 29.0 Å². The summed E-state index contributed by atoms with van der Waals surface area (Å²) in [5.41, 5.74) is 6.82. The maximum atomic E-state index is 14.9. The van der Waals surface area contributed by atoms with Crippen molar-refractivity contribution in [2.24, 2.45) is 5.73 Å². The van der Waals surface area contributed by atoms with E-state index < -0.39 is 36.1 Å². The Morgan fingerprint density at radius 2 is 1.94 bits per heavy atom. The number of rotatable bonds is 11. The van der Waals surface area contributed by atoms with Crippen LogP contribution in [0.4, 0.5) is 10.1 Å². The molecule has 0 aliphatic carbocycles. The maximum absolute atomic E-state index is 14.9. The van der Waals surface area contributed by atoms with Crippen LogP contribution in [0.1, 0.15) is 34.6 Å². The minimum atomic E-state index is -1.48. The highest BCUT2D eigenvalue weighted by Gasteiger charge is 2.23. The Labute approximate surface area is 204 Å². The summed E-state index contributed by atoms with van der Waals surface area (Å²) >= 11 is 0. The summed E-state index contributed by atoms with van der Waals surface area (Å²) in [7, 11) is 0. The molecule has 2 aromatic carbocycles. The number of fused-ring (bicyclic) bond motifs is 1. The molecule has 0 bridgehead atoms. The zero-order chi connectivity index (χ0) is 26.4. The van der Waals surface area contributed by atoms with Gasteiger partial charge < -0.3 is 31.1 Å². The number of aryl methyl sites for hydroxylation is 1. The molecule has 0 radical (unpaired) electrons. The van der Waals surface area contributed by atoms with Crippen LogP contribution in [0.25, 0.3) is 10.9 Å². The van der Waals surface area contributed by atoms with Crippen LogP contribution in [0.2, 0.25) is 0 Å². The van der Waals surface area contributed by atoms with Gasteiger partial charge in [0.1, 0.15) is 17.7 Å². The summed E-state index contributed by atoms with van der Waals surface area (Å²) in [5.74, 6) is -3.99. The second kappa shape index (κ2) is 11.4. The number of carboxylic acids is 2. The van der Waals surface area contributed by atoms with Crippen LogP contribution in [0.15, 0.2) is 41.2 Å². The molecule has 1 amide bonds. The molecule has 0 unspecified atom stereocenters. The van der Waals surface area contributed by atoms with E-state index in [2.05, 4.69) is 15.3 Å². The van der Waals surface area contributed by atoms with Crippen molar-refractivity contribution in [3.8, 4) is 0 Å². The summed E-state index contributed by atoms with van der Waals surface area (Å²) in [5, 5.41) is 20.5. The van der Waals surface area contributed by atoms with Crippen molar-refractivity contribution in [2.75, 3.05) is 18.0 Å². The highest BCUT2D eigenvalue weighted by atomic mass is 19.1. The van der Waals surface area contributed by atoms with Crippen LogP contribution >= 0.6 is 0 Å². The van der Waals surface area contributed by atoms with Crippen molar-refractivity contribution >= 4 is 34.4 Å². The van der Waals surface area contributed by atoms with Crippen molar-refractivity contribution in [2.45, 2.75) is 32.4 Å². The lowest BCUT2D eigenvalue weighted by atomic mass is 10.1. The predicted octanol–water partition coefficient (Wildman–Crippen LogP) is 1.38. The molecule has 1 aromatic heterocycles. The Bertz CT molecular complexity index is 1360. The number of hydrogen-bond acceptors (Lipinski definition) is 7. The van der Waals surface area contributed by atoms with Crippen molar-refractivity contribution in [3.63, 3.8) is 0 Å². The zero-order valence-corrected chi connectivity index (χ0v) is 19.5. The molecule has 190 valence electrons. The number of nitrogens with one attached hydrogen (secondary N) is 2. The fourth-order valence-corrected chi connectivity index (χ4v) is 3.72. The first-order valence-corrected chi connectivity index (χ1v) is 11.1. The molecular formula is C24H26FN5O6. The summed E-state index contributed by atoms with van der Waals surface area (Å²) in [6.45, 7) is 2.58. The Morgan fingerprint density at radius 3 is 2.58 bits per heavy atom. The van der Waals surface area contributed by atoms with Gasteiger partial charge in [0.25, 0.3) is 11.5 Å². The molecule has 0 aliphatic rings. The van der Waals surface area contributed by atoms with Crippen molar-refractivity contribution in [1.29, 1.82) is 0 Å². The van der Waals surface area contributed by atoms with Crippen LogP contribution in [-0.4, -0.2) is 57.2 Å². The fraction of sp³-hybridized carbons (Fsp3) is 0.292. The normalized spacial score (nSPS) is 11.8. The number of benzene rings is 2. The van der Waals surface area contributed by atoms with Crippen LogP contribution in [0.5, 0.6) is 0 Å². The molecule has 3 aromatic rings. The number of carbonyl (C=O) groups is 3. The van der Waals surface area contributed by atoms with E-state index in [1.54, 1.807) is 30.0 Å².